The van der Waals surface area contributed by atoms with E-state index in [1.54, 1.807) is 13.8 Å². The van der Waals surface area contributed by atoms with E-state index in [-0.39, 0.29) is 12.3 Å². The predicted molar refractivity (Wildman–Crippen MR) is 113 cm³/mol. The SMILES string of the molecule is CCC(C)C(NC(=O)C(CC(N)=O)NC(=O)C(CCCCN)NC(=O)C(C)N)C(=O)O. The monoisotopic (exact) mass is 444 g/mol. The third kappa shape index (κ3) is 10.7. The minimum atomic E-state index is -1.40. The zero-order chi connectivity index (χ0) is 24.1. The summed E-state index contributed by atoms with van der Waals surface area (Å²) in [6, 6.07) is -4.48. The molecule has 0 saturated heterocycles. The van der Waals surface area contributed by atoms with E-state index in [2.05, 4.69) is 16.0 Å². The van der Waals surface area contributed by atoms with Crippen LogP contribution in [0.5, 0.6) is 0 Å². The first kappa shape index (κ1) is 28.3. The molecule has 12 heteroatoms. The highest BCUT2D eigenvalue weighted by Crippen LogP contribution is 2.09. The van der Waals surface area contributed by atoms with Gasteiger partial charge in [-0.25, -0.2) is 4.79 Å². The van der Waals surface area contributed by atoms with Gasteiger partial charge >= 0.3 is 5.97 Å². The molecule has 4 amide bonds. The van der Waals surface area contributed by atoms with Crippen LogP contribution >= 0.6 is 0 Å². The summed E-state index contributed by atoms with van der Waals surface area (Å²) in [6.07, 6.45) is 1.31. The number of unbranched alkanes of at least 4 members (excludes halogenated alkanes) is 1. The lowest BCUT2D eigenvalue weighted by atomic mass is 9.98. The van der Waals surface area contributed by atoms with Crippen molar-refractivity contribution in [3.8, 4) is 0 Å². The average molecular weight is 445 g/mol. The Morgan fingerprint density at radius 3 is 1.90 bits per heavy atom. The van der Waals surface area contributed by atoms with Gasteiger partial charge in [-0.1, -0.05) is 20.3 Å². The molecule has 0 heterocycles. The van der Waals surface area contributed by atoms with Gasteiger partial charge in [0, 0.05) is 0 Å². The molecule has 5 atom stereocenters. The molecule has 178 valence electrons. The Labute approximate surface area is 182 Å². The molecule has 0 spiro atoms. The Balaban J connectivity index is 5.47. The lowest BCUT2D eigenvalue weighted by Crippen LogP contribution is -2.58. The highest BCUT2D eigenvalue weighted by molar-refractivity contribution is 5.96. The van der Waals surface area contributed by atoms with Crippen molar-refractivity contribution in [3.05, 3.63) is 0 Å². The third-order valence-electron chi connectivity index (χ3n) is 4.81. The van der Waals surface area contributed by atoms with Gasteiger partial charge in [-0.05, 0) is 38.6 Å². The van der Waals surface area contributed by atoms with Crippen LogP contribution in [0.4, 0.5) is 0 Å². The molecular formula is C19H36N6O6. The van der Waals surface area contributed by atoms with E-state index in [1.165, 1.54) is 6.92 Å². The van der Waals surface area contributed by atoms with E-state index in [1.807, 2.05) is 0 Å². The number of rotatable bonds is 15. The summed E-state index contributed by atoms with van der Waals surface area (Å²) in [7, 11) is 0. The molecule has 0 saturated carbocycles. The Kier molecular flexibility index (Phi) is 13.0. The maximum Gasteiger partial charge on any atom is 0.326 e. The summed E-state index contributed by atoms with van der Waals surface area (Å²) in [5.74, 6) is -4.64. The van der Waals surface area contributed by atoms with Crippen LogP contribution in [-0.4, -0.2) is 65.4 Å². The number of nitrogens with one attached hydrogen (secondary N) is 3. The van der Waals surface area contributed by atoms with Crippen molar-refractivity contribution in [2.75, 3.05) is 6.54 Å². The summed E-state index contributed by atoms with van der Waals surface area (Å²) in [4.78, 5) is 60.3. The van der Waals surface area contributed by atoms with Gasteiger partial charge in [0.15, 0.2) is 0 Å². The molecule has 0 aromatic carbocycles. The molecule has 0 bridgehead atoms. The van der Waals surface area contributed by atoms with Crippen LogP contribution < -0.4 is 33.2 Å². The van der Waals surface area contributed by atoms with Gasteiger partial charge in [0.2, 0.25) is 23.6 Å². The van der Waals surface area contributed by atoms with Gasteiger partial charge in [0.25, 0.3) is 0 Å². The molecule has 0 aromatic heterocycles. The third-order valence-corrected chi connectivity index (χ3v) is 4.81. The molecule has 12 nitrogen and oxygen atoms in total. The van der Waals surface area contributed by atoms with Crippen LogP contribution in [0.1, 0.15) is 52.9 Å². The van der Waals surface area contributed by atoms with E-state index in [4.69, 9.17) is 17.2 Å². The van der Waals surface area contributed by atoms with E-state index in [0.717, 1.165) is 0 Å². The smallest absolute Gasteiger partial charge is 0.326 e. The Morgan fingerprint density at radius 1 is 0.903 bits per heavy atom. The molecule has 0 rings (SSSR count). The summed E-state index contributed by atoms with van der Waals surface area (Å²) < 4.78 is 0. The van der Waals surface area contributed by atoms with Crippen molar-refractivity contribution in [1.29, 1.82) is 0 Å². The summed E-state index contributed by atoms with van der Waals surface area (Å²) >= 11 is 0. The van der Waals surface area contributed by atoms with Crippen molar-refractivity contribution < 1.29 is 29.1 Å². The predicted octanol–water partition coefficient (Wildman–Crippen LogP) is -2.08. The number of carbonyl (C=O) groups excluding carboxylic acids is 4. The highest BCUT2D eigenvalue weighted by atomic mass is 16.4. The molecule has 0 aliphatic rings. The Hall–Kier alpha value is -2.73. The van der Waals surface area contributed by atoms with Crippen LogP contribution in [0, 0.1) is 5.92 Å². The van der Waals surface area contributed by atoms with Gasteiger partial charge < -0.3 is 38.3 Å². The van der Waals surface area contributed by atoms with E-state index in [9.17, 15) is 29.1 Å². The van der Waals surface area contributed by atoms with Gasteiger partial charge in [-0.15, -0.1) is 0 Å². The van der Waals surface area contributed by atoms with Crippen LogP contribution in [0.3, 0.4) is 0 Å². The number of carbonyl (C=O) groups is 5. The minimum absolute atomic E-state index is 0.233. The molecular weight excluding hydrogens is 408 g/mol. The number of amides is 4. The number of hydrogen-bond donors (Lipinski definition) is 7. The molecule has 0 aliphatic carbocycles. The van der Waals surface area contributed by atoms with Gasteiger partial charge in [-0.2, -0.15) is 0 Å². The van der Waals surface area contributed by atoms with E-state index >= 15 is 0 Å². The molecule has 0 radical (unpaired) electrons. The first-order valence-corrected chi connectivity index (χ1v) is 10.3. The fraction of sp³-hybridized carbons (Fsp3) is 0.737. The van der Waals surface area contributed by atoms with Crippen molar-refractivity contribution in [3.63, 3.8) is 0 Å². The topological polar surface area (TPSA) is 220 Å². The number of nitrogens with two attached hydrogens (primary N) is 3. The standard InChI is InChI=1S/C19H36N6O6/c1-4-10(2)15(19(30)31)25-18(29)13(9-14(22)26)24-17(28)12(7-5-6-8-20)23-16(27)11(3)21/h10-13,15H,4-9,20-21H2,1-3H3,(H2,22,26)(H,23,27)(H,24,28)(H,25,29)(H,30,31). The van der Waals surface area contributed by atoms with Crippen molar-refractivity contribution in [2.24, 2.45) is 23.1 Å². The van der Waals surface area contributed by atoms with Gasteiger partial charge in [0.1, 0.15) is 18.1 Å². The second-order valence-electron chi connectivity index (χ2n) is 7.58. The fourth-order valence-electron chi connectivity index (χ4n) is 2.68. The average Bonchev–Trinajstić information content (AvgIpc) is 2.69. The van der Waals surface area contributed by atoms with E-state index < -0.39 is 60.2 Å². The lowest BCUT2D eigenvalue weighted by molar-refractivity contribution is -0.144. The maximum absolute atomic E-state index is 12.8. The Bertz CT molecular complexity index is 641. The van der Waals surface area contributed by atoms with Crippen molar-refractivity contribution in [1.82, 2.24) is 16.0 Å². The number of aliphatic carboxylic acids is 1. The largest absolute Gasteiger partial charge is 0.480 e. The molecule has 0 fully saturated rings. The maximum atomic E-state index is 12.8. The first-order valence-electron chi connectivity index (χ1n) is 10.3. The number of carboxylic acid groups (broad SMARTS) is 1. The zero-order valence-corrected chi connectivity index (χ0v) is 18.3. The molecule has 31 heavy (non-hydrogen) atoms. The van der Waals surface area contributed by atoms with E-state index in [0.29, 0.717) is 25.8 Å². The summed E-state index contributed by atoms with van der Waals surface area (Å²) in [5.41, 5.74) is 16.2. The minimum Gasteiger partial charge on any atom is -0.480 e. The van der Waals surface area contributed by atoms with Gasteiger partial charge in [-0.3, -0.25) is 19.2 Å². The molecule has 0 aliphatic heterocycles. The quantitative estimate of drug-likeness (QED) is 0.139. The van der Waals surface area contributed by atoms with Crippen LogP contribution in [0.15, 0.2) is 0 Å². The summed E-state index contributed by atoms with van der Waals surface area (Å²) in [5, 5.41) is 16.6. The zero-order valence-electron chi connectivity index (χ0n) is 18.3. The first-order chi connectivity index (χ1) is 14.4. The Morgan fingerprint density at radius 2 is 1.45 bits per heavy atom. The van der Waals surface area contributed by atoms with Crippen LogP contribution in [0.25, 0.3) is 0 Å². The molecule has 10 N–H and O–H groups in total. The van der Waals surface area contributed by atoms with Crippen LogP contribution in [-0.2, 0) is 24.0 Å². The fourth-order valence-corrected chi connectivity index (χ4v) is 2.68. The highest BCUT2D eigenvalue weighted by Gasteiger charge is 2.32. The number of hydrogen-bond acceptors (Lipinski definition) is 7. The van der Waals surface area contributed by atoms with Crippen molar-refractivity contribution >= 4 is 29.6 Å². The van der Waals surface area contributed by atoms with Gasteiger partial charge in [0.05, 0.1) is 12.5 Å². The number of primary amides is 1. The molecule has 0 aromatic rings. The van der Waals surface area contributed by atoms with Crippen LogP contribution in [0.2, 0.25) is 0 Å². The number of carboxylic acids is 1. The molecule has 5 unspecified atom stereocenters. The second kappa shape index (κ2) is 14.3. The van der Waals surface area contributed by atoms with Crippen molar-refractivity contribution in [2.45, 2.75) is 77.0 Å². The second-order valence-corrected chi connectivity index (χ2v) is 7.58. The normalized spacial score (nSPS) is 15.6. The lowest BCUT2D eigenvalue weighted by Gasteiger charge is -2.26. The summed E-state index contributed by atoms with van der Waals surface area (Å²) in [6.45, 7) is 5.27.